The normalized spacial score (nSPS) is 15.0. The predicted molar refractivity (Wildman–Crippen MR) is 101 cm³/mol. The first kappa shape index (κ1) is 18.8. The molecule has 1 aromatic heterocycles. The van der Waals surface area contributed by atoms with Crippen molar-refractivity contribution in [2.24, 2.45) is 0 Å². The van der Waals surface area contributed by atoms with Crippen molar-refractivity contribution >= 4 is 17.7 Å². The van der Waals surface area contributed by atoms with E-state index in [1.807, 2.05) is 36.1 Å². The second-order valence-corrected chi connectivity index (χ2v) is 7.29. The van der Waals surface area contributed by atoms with E-state index in [4.69, 9.17) is 9.15 Å². The lowest BCUT2D eigenvalue weighted by Gasteiger charge is -2.33. The third-order valence-corrected chi connectivity index (χ3v) is 5.54. The van der Waals surface area contributed by atoms with E-state index in [0.717, 1.165) is 30.7 Å². The molecule has 1 aliphatic carbocycles. The Hall–Kier alpha value is -2.02. The molecule has 1 amide bonds. The van der Waals surface area contributed by atoms with Crippen molar-refractivity contribution in [1.29, 1.82) is 0 Å². The molecule has 6 nitrogen and oxygen atoms in total. The van der Waals surface area contributed by atoms with Crippen LogP contribution < -0.4 is 4.74 Å². The molecule has 2 aromatic rings. The molecule has 0 radical (unpaired) electrons. The maximum atomic E-state index is 12.6. The predicted octanol–water partition coefficient (Wildman–Crippen LogP) is 4.02. The van der Waals surface area contributed by atoms with Gasteiger partial charge in [0.15, 0.2) is 0 Å². The summed E-state index contributed by atoms with van der Waals surface area (Å²) in [6.45, 7) is 2.80. The lowest BCUT2D eigenvalue weighted by Crippen LogP contribution is -2.42. The fourth-order valence-electron chi connectivity index (χ4n) is 3.36. The lowest BCUT2D eigenvalue weighted by molar-refractivity contribution is -0.131. The van der Waals surface area contributed by atoms with Crippen LogP contribution >= 0.6 is 11.8 Å². The smallest absolute Gasteiger partial charge is 0.277 e. The minimum Gasteiger partial charge on any atom is -0.497 e. The second kappa shape index (κ2) is 9.07. The molecule has 1 aromatic carbocycles. The number of nitrogens with zero attached hydrogens (tertiary/aromatic N) is 3. The maximum Gasteiger partial charge on any atom is 0.277 e. The number of benzene rings is 1. The topological polar surface area (TPSA) is 68.5 Å². The Morgan fingerprint density at radius 2 is 1.96 bits per heavy atom. The van der Waals surface area contributed by atoms with E-state index < -0.39 is 0 Å². The molecule has 0 aliphatic heterocycles. The van der Waals surface area contributed by atoms with Crippen molar-refractivity contribution < 1.29 is 13.9 Å². The molecule has 26 heavy (non-hydrogen) atoms. The van der Waals surface area contributed by atoms with E-state index in [9.17, 15) is 4.79 Å². The number of rotatable bonds is 7. The fourth-order valence-corrected chi connectivity index (χ4v) is 4.00. The number of carbonyl (C=O) groups is 1. The van der Waals surface area contributed by atoms with Gasteiger partial charge < -0.3 is 14.1 Å². The second-order valence-electron chi connectivity index (χ2n) is 6.36. The van der Waals surface area contributed by atoms with Crippen molar-refractivity contribution in [3.8, 4) is 17.2 Å². The highest BCUT2D eigenvalue weighted by Crippen LogP contribution is 2.26. The Labute approximate surface area is 158 Å². The number of methoxy groups -OCH3 is 1. The minimum atomic E-state index is 0.147. The number of carbonyl (C=O) groups excluding carboxylic acids is 1. The summed E-state index contributed by atoms with van der Waals surface area (Å²) in [5, 5.41) is 8.54. The Kier molecular flexibility index (Phi) is 6.55. The largest absolute Gasteiger partial charge is 0.497 e. The van der Waals surface area contributed by atoms with Gasteiger partial charge in [0.1, 0.15) is 5.75 Å². The Morgan fingerprint density at radius 3 is 2.62 bits per heavy atom. The van der Waals surface area contributed by atoms with Gasteiger partial charge in [-0.25, -0.2) is 0 Å². The molecule has 1 heterocycles. The van der Waals surface area contributed by atoms with Crippen LogP contribution in [0.3, 0.4) is 0 Å². The van der Waals surface area contributed by atoms with Crippen molar-refractivity contribution in [2.45, 2.75) is 50.3 Å². The van der Waals surface area contributed by atoms with Gasteiger partial charge in [-0.05, 0) is 44.0 Å². The van der Waals surface area contributed by atoms with Crippen molar-refractivity contribution in [3.63, 3.8) is 0 Å². The number of hydrogen-bond acceptors (Lipinski definition) is 6. The van der Waals surface area contributed by atoms with E-state index >= 15 is 0 Å². The molecule has 1 aliphatic rings. The number of aromatic nitrogens is 2. The zero-order valence-electron chi connectivity index (χ0n) is 15.3. The zero-order chi connectivity index (χ0) is 18.4. The highest BCUT2D eigenvalue weighted by molar-refractivity contribution is 7.99. The van der Waals surface area contributed by atoms with Gasteiger partial charge in [-0.1, -0.05) is 31.0 Å². The van der Waals surface area contributed by atoms with Crippen molar-refractivity contribution in [3.05, 3.63) is 24.3 Å². The minimum absolute atomic E-state index is 0.147. The summed E-state index contributed by atoms with van der Waals surface area (Å²) in [4.78, 5) is 14.6. The molecule has 0 saturated heterocycles. The quantitative estimate of drug-likeness (QED) is 0.681. The Morgan fingerprint density at radius 1 is 1.23 bits per heavy atom. The molecule has 0 bridgehead atoms. The van der Waals surface area contributed by atoms with E-state index in [2.05, 4.69) is 10.2 Å². The molecule has 0 atom stereocenters. The van der Waals surface area contributed by atoms with Crippen molar-refractivity contribution in [1.82, 2.24) is 15.1 Å². The third-order valence-electron chi connectivity index (χ3n) is 4.74. The first-order chi connectivity index (χ1) is 12.7. The molecule has 1 saturated carbocycles. The molecule has 0 unspecified atom stereocenters. The summed E-state index contributed by atoms with van der Waals surface area (Å²) in [6.07, 6.45) is 5.96. The SMILES string of the molecule is CCN(C(=O)CSc1nnc(-c2ccc(OC)cc2)o1)C1CCCCC1. The monoisotopic (exact) mass is 375 g/mol. The lowest BCUT2D eigenvalue weighted by atomic mass is 9.94. The van der Waals surface area contributed by atoms with Gasteiger partial charge in [0.05, 0.1) is 12.9 Å². The summed E-state index contributed by atoms with van der Waals surface area (Å²) in [5.74, 6) is 1.70. The molecule has 0 N–H and O–H groups in total. The van der Waals surface area contributed by atoms with Crippen LogP contribution in [0.25, 0.3) is 11.5 Å². The molecule has 7 heteroatoms. The summed E-state index contributed by atoms with van der Waals surface area (Å²) in [5.41, 5.74) is 0.828. The van der Waals surface area contributed by atoms with E-state index in [1.54, 1.807) is 7.11 Å². The van der Waals surface area contributed by atoms with E-state index in [1.165, 1.54) is 31.0 Å². The van der Waals surface area contributed by atoms with Crippen LogP contribution in [-0.4, -0.2) is 46.5 Å². The summed E-state index contributed by atoms with van der Waals surface area (Å²) < 4.78 is 10.8. The number of ether oxygens (including phenoxy) is 1. The van der Waals surface area contributed by atoms with Gasteiger partial charge >= 0.3 is 0 Å². The molecular weight excluding hydrogens is 350 g/mol. The summed E-state index contributed by atoms with van der Waals surface area (Å²) in [6, 6.07) is 7.82. The van der Waals surface area contributed by atoms with Crippen LogP contribution in [0.1, 0.15) is 39.0 Å². The first-order valence-electron chi connectivity index (χ1n) is 9.11. The standard InChI is InChI=1S/C19H25N3O3S/c1-3-22(15-7-5-4-6-8-15)17(23)13-26-19-21-20-18(25-19)14-9-11-16(24-2)12-10-14/h9-12,15H,3-8,13H2,1-2H3. The third kappa shape index (κ3) is 4.58. The van der Waals surface area contributed by atoms with Gasteiger partial charge in [-0.15, -0.1) is 10.2 Å². The molecule has 140 valence electrons. The van der Waals surface area contributed by atoms with E-state index in [-0.39, 0.29) is 5.91 Å². The average Bonchev–Trinajstić information content (AvgIpc) is 3.17. The summed E-state index contributed by atoms with van der Waals surface area (Å²) in [7, 11) is 1.63. The molecule has 3 rings (SSSR count). The molecular formula is C19H25N3O3S. The van der Waals surface area contributed by atoms with Crippen LogP contribution in [0, 0.1) is 0 Å². The van der Waals surface area contributed by atoms with Gasteiger partial charge in [0.2, 0.25) is 11.8 Å². The highest BCUT2D eigenvalue weighted by Gasteiger charge is 2.24. The van der Waals surface area contributed by atoms with Crippen molar-refractivity contribution in [2.75, 3.05) is 19.4 Å². The van der Waals surface area contributed by atoms with Gasteiger partial charge in [0.25, 0.3) is 5.22 Å². The molecule has 0 spiro atoms. The fraction of sp³-hybridized carbons (Fsp3) is 0.526. The van der Waals surface area contributed by atoms with Gasteiger partial charge in [0, 0.05) is 18.2 Å². The average molecular weight is 375 g/mol. The molecule has 1 fully saturated rings. The van der Waals surface area contributed by atoms with Gasteiger partial charge in [-0.2, -0.15) is 0 Å². The van der Waals surface area contributed by atoms with Crippen LogP contribution in [-0.2, 0) is 4.79 Å². The van der Waals surface area contributed by atoms with E-state index in [0.29, 0.717) is 22.9 Å². The van der Waals surface area contributed by atoms with Crippen LogP contribution in [0.15, 0.2) is 33.9 Å². The Bertz CT molecular complexity index is 711. The van der Waals surface area contributed by atoms with Gasteiger partial charge in [-0.3, -0.25) is 4.79 Å². The maximum absolute atomic E-state index is 12.6. The highest BCUT2D eigenvalue weighted by atomic mass is 32.2. The zero-order valence-corrected chi connectivity index (χ0v) is 16.1. The van der Waals surface area contributed by atoms with Crippen LogP contribution in [0.2, 0.25) is 0 Å². The summed E-state index contributed by atoms with van der Waals surface area (Å²) >= 11 is 1.30. The number of hydrogen-bond donors (Lipinski definition) is 0. The number of amides is 1. The Balaban J connectivity index is 1.57. The first-order valence-corrected chi connectivity index (χ1v) is 10.1. The van der Waals surface area contributed by atoms with Crippen LogP contribution in [0.5, 0.6) is 5.75 Å². The van der Waals surface area contributed by atoms with Crippen LogP contribution in [0.4, 0.5) is 0 Å². The number of thioether (sulfide) groups is 1.